The van der Waals surface area contributed by atoms with E-state index in [4.69, 9.17) is 10.5 Å². The van der Waals surface area contributed by atoms with Crippen molar-refractivity contribution in [2.45, 2.75) is 32.7 Å². The SMILES string of the molecule is CCOc1cccc(C2C(N)C2(C)C)c1. The van der Waals surface area contributed by atoms with Crippen LogP contribution in [0.25, 0.3) is 0 Å². The van der Waals surface area contributed by atoms with Gasteiger partial charge in [-0.25, -0.2) is 0 Å². The molecule has 0 heterocycles. The van der Waals surface area contributed by atoms with Crippen molar-refractivity contribution in [2.24, 2.45) is 11.1 Å². The van der Waals surface area contributed by atoms with Gasteiger partial charge < -0.3 is 10.5 Å². The van der Waals surface area contributed by atoms with Crippen LogP contribution in [0.2, 0.25) is 0 Å². The molecule has 1 aliphatic rings. The van der Waals surface area contributed by atoms with Crippen LogP contribution in [0.5, 0.6) is 5.75 Å². The van der Waals surface area contributed by atoms with Gasteiger partial charge in [-0.15, -0.1) is 0 Å². The smallest absolute Gasteiger partial charge is 0.119 e. The van der Waals surface area contributed by atoms with Crippen LogP contribution in [0.3, 0.4) is 0 Å². The molecule has 1 aromatic rings. The van der Waals surface area contributed by atoms with Crippen molar-refractivity contribution in [3.05, 3.63) is 29.8 Å². The normalized spacial score (nSPS) is 27.5. The Bertz CT molecular complexity index is 359. The number of hydrogen-bond donors (Lipinski definition) is 1. The topological polar surface area (TPSA) is 35.2 Å². The number of ether oxygens (including phenoxy) is 1. The predicted octanol–water partition coefficient (Wildman–Crippen LogP) is 2.54. The summed E-state index contributed by atoms with van der Waals surface area (Å²) in [6, 6.07) is 8.58. The zero-order valence-corrected chi connectivity index (χ0v) is 9.66. The lowest BCUT2D eigenvalue weighted by Gasteiger charge is -2.06. The van der Waals surface area contributed by atoms with Gasteiger partial charge in [-0.2, -0.15) is 0 Å². The molecule has 1 aliphatic carbocycles. The quantitative estimate of drug-likeness (QED) is 0.823. The Hall–Kier alpha value is -1.02. The molecule has 0 amide bonds. The van der Waals surface area contributed by atoms with Crippen LogP contribution in [0.4, 0.5) is 0 Å². The maximum absolute atomic E-state index is 6.06. The van der Waals surface area contributed by atoms with Crippen molar-refractivity contribution in [1.29, 1.82) is 0 Å². The third kappa shape index (κ3) is 1.74. The molecule has 0 aliphatic heterocycles. The Morgan fingerprint density at radius 3 is 2.60 bits per heavy atom. The fourth-order valence-corrected chi connectivity index (χ4v) is 2.28. The summed E-state index contributed by atoms with van der Waals surface area (Å²) >= 11 is 0. The Morgan fingerprint density at radius 1 is 1.40 bits per heavy atom. The van der Waals surface area contributed by atoms with Crippen molar-refractivity contribution in [3.8, 4) is 5.75 Å². The highest BCUT2D eigenvalue weighted by Gasteiger charge is 2.56. The van der Waals surface area contributed by atoms with E-state index in [1.807, 2.05) is 19.1 Å². The molecule has 82 valence electrons. The van der Waals surface area contributed by atoms with Gasteiger partial charge in [-0.3, -0.25) is 0 Å². The van der Waals surface area contributed by atoms with Crippen LogP contribution in [0.1, 0.15) is 32.3 Å². The van der Waals surface area contributed by atoms with E-state index in [-0.39, 0.29) is 11.5 Å². The van der Waals surface area contributed by atoms with E-state index in [0.717, 1.165) is 5.75 Å². The average molecular weight is 205 g/mol. The monoisotopic (exact) mass is 205 g/mol. The first kappa shape index (κ1) is 10.5. The summed E-state index contributed by atoms with van der Waals surface area (Å²) in [4.78, 5) is 0. The highest BCUT2D eigenvalue weighted by molar-refractivity contribution is 5.38. The molecule has 2 unspecified atom stereocenters. The van der Waals surface area contributed by atoms with Crippen LogP contribution < -0.4 is 10.5 Å². The van der Waals surface area contributed by atoms with Gasteiger partial charge >= 0.3 is 0 Å². The van der Waals surface area contributed by atoms with Crippen molar-refractivity contribution >= 4 is 0 Å². The highest BCUT2D eigenvalue weighted by Crippen LogP contribution is 2.57. The third-order valence-electron chi connectivity index (χ3n) is 3.44. The lowest BCUT2D eigenvalue weighted by molar-refractivity contribution is 0.340. The zero-order valence-electron chi connectivity index (χ0n) is 9.66. The van der Waals surface area contributed by atoms with Gasteiger partial charge in [0.1, 0.15) is 5.75 Å². The molecule has 2 rings (SSSR count). The summed E-state index contributed by atoms with van der Waals surface area (Å²) in [6.45, 7) is 7.15. The summed E-state index contributed by atoms with van der Waals surface area (Å²) < 4.78 is 5.49. The lowest BCUT2D eigenvalue weighted by atomic mass is 10.0. The predicted molar refractivity (Wildman–Crippen MR) is 62.1 cm³/mol. The molecule has 15 heavy (non-hydrogen) atoms. The standard InChI is InChI=1S/C13H19NO/c1-4-15-10-7-5-6-9(8-10)11-12(14)13(11,2)3/h5-8,11-12H,4,14H2,1-3H3. The molecule has 2 atom stereocenters. The first-order valence-corrected chi connectivity index (χ1v) is 5.55. The summed E-state index contributed by atoms with van der Waals surface area (Å²) in [7, 11) is 0. The minimum absolute atomic E-state index is 0.241. The molecule has 2 nitrogen and oxygen atoms in total. The molecule has 0 aromatic heterocycles. The second-order valence-electron chi connectivity index (χ2n) is 4.83. The fraction of sp³-hybridized carbons (Fsp3) is 0.538. The lowest BCUT2D eigenvalue weighted by Crippen LogP contribution is -2.06. The van der Waals surface area contributed by atoms with Crippen molar-refractivity contribution in [3.63, 3.8) is 0 Å². The average Bonchev–Trinajstić information content (AvgIpc) is 2.67. The van der Waals surface area contributed by atoms with E-state index in [0.29, 0.717) is 12.5 Å². The number of hydrogen-bond acceptors (Lipinski definition) is 2. The summed E-state index contributed by atoms with van der Waals surface area (Å²) in [5.41, 5.74) is 7.60. The van der Waals surface area contributed by atoms with E-state index in [1.54, 1.807) is 0 Å². The molecule has 1 saturated carbocycles. The number of rotatable bonds is 3. The maximum atomic E-state index is 6.06. The van der Waals surface area contributed by atoms with Crippen molar-refractivity contribution < 1.29 is 4.74 Å². The summed E-state index contributed by atoms with van der Waals surface area (Å²) in [5, 5.41) is 0. The molecule has 0 radical (unpaired) electrons. The van der Waals surface area contributed by atoms with E-state index in [2.05, 4.69) is 26.0 Å². The van der Waals surface area contributed by atoms with Crippen LogP contribution >= 0.6 is 0 Å². The van der Waals surface area contributed by atoms with E-state index in [1.165, 1.54) is 5.56 Å². The highest BCUT2D eigenvalue weighted by atomic mass is 16.5. The van der Waals surface area contributed by atoms with Crippen LogP contribution in [0, 0.1) is 5.41 Å². The van der Waals surface area contributed by atoms with Crippen LogP contribution in [-0.2, 0) is 0 Å². The number of benzene rings is 1. The first-order valence-electron chi connectivity index (χ1n) is 5.55. The maximum Gasteiger partial charge on any atom is 0.119 e. The van der Waals surface area contributed by atoms with Gasteiger partial charge in [-0.05, 0) is 30.0 Å². The fourth-order valence-electron chi connectivity index (χ4n) is 2.28. The zero-order chi connectivity index (χ0) is 11.1. The van der Waals surface area contributed by atoms with E-state index >= 15 is 0 Å². The Morgan fingerprint density at radius 2 is 2.07 bits per heavy atom. The van der Waals surface area contributed by atoms with E-state index < -0.39 is 0 Å². The van der Waals surface area contributed by atoms with Crippen LogP contribution in [-0.4, -0.2) is 12.6 Å². The Labute approximate surface area is 91.4 Å². The second kappa shape index (κ2) is 3.53. The molecule has 2 heteroatoms. The molecule has 1 aromatic carbocycles. The minimum atomic E-state index is 0.241. The Balaban J connectivity index is 2.20. The van der Waals surface area contributed by atoms with Gasteiger partial charge in [0, 0.05) is 12.0 Å². The van der Waals surface area contributed by atoms with Gasteiger partial charge in [0.25, 0.3) is 0 Å². The molecular weight excluding hydrogens is 186 g/mol. The summed E-state index contributed by atoms with van der Waals surface area (Å²) in [5.74, 6) is 1.43. The minimum Gasteiger partial charge on any atom is -0.494 e. The molecular formula is C13H19NO. The van der Waals surface area contributed by atoms with Crippen molar-refractivity contribution in [2.75, 3.05) is 6.61 Å². The molecule has 0 spiro atoms. The van der Waals surface area contributed by atoms with Crippen molar-refractivity contribution in [1.82, 2.24) is 0 Å². The van der Waals surface area contributed by atoms with Crippen LogP contribution in [0.15, 0.2) is 24.3 Å². The van der Waals surface area contributed by atoms with Gasteiger partial charge in [0.05, 0.1) is 6.61 Å². The molecule has 1 fully saturated rings. The summed E-state index contributed by atoms with van der Waals surface area (Å²) in [6.07, 6.45) is 0. The van der Waals surface area contributed by atoms with Gasteiger partial charge in [-0.1, -0.05) is 26.0 Å². The second-order valence-corrected chi connectivity index (χ2v) is 4.83. The van der Waals surface area contributed by atoms with Gasteiger partial charge in [0.2, 0.25) is 0 Å². The molecule has 0 bridgehead atoms. The number of nitrogens with two attached hydrogens (primary N) is 1. The largest absolute Gasteiger partial charge is 0.494 e. The molecule has 2 N–H and O–H groups in total. The first-order chi connectivity index (χ1) is 7.07. The third-order valence-corrected chi connectivity index (χ3v) is 3.44. The Kier molecular flexibility index (Phi) is 2.47. The van der Waals surface area contributed by atoms with Gasteiger partial charge in [0.15, 0.2) is 0 Å². The van der Waals surface area contributed by atoms with E-state index in [9.17, 15) is 0 Å². The molecule has 0 saturated heterocycles.